The number of rotatable bonds is 3. The van der Waals surface area contributed by atoms with E-state index in [1.807, 2.05) is 0 Å². The summed E-state index contributed by atoms with van der Waals surface area (Å²) < 4.78 is 26.7. The number of carbonyl (C=O) groups is 1. The molecular weight excluding hydrogens is 240 g/mol. The molecule has 1 aliphatic rings. The zero-order chi connectivity index (χ0) is 13.3. The summed E-state index contributed by atoms with van der Waals surface area (Å²) in [4.78, 5) is 13.0. The van der Waals surface area contributed by atoms with Crippen LogP contribution in [0.25, 0.3) is 0 Å². The van der Waals surface area contributed by atoms with Crippen LogP contribution in [0.4, 0.5) is 8.78 Å². The van der Waals surface area contributed by atoms with E-state index in [0.29, 0.717) is 13.0 Å². The van der Waals surface area contributed by atoms with Gasteiger partial charge in [0.1, 0.15) is 5.54 Å². The van der Waals surface area contributed by atoms with Gasteiger partial charge in [0, 0.05) is 12.1 Å². The average Bonchev–Trinajstić information content (AvgIpc) is 2.68. The molecule has 0 amide bonds. The van der Waals surface area contributed by atoms with Gasteiger partial charge in [0.05, 0.1) is 0 Å². The second-order valence-electron chi connectivity index (χ2n) is 4.82. The van der Waals surface area contributed by atoms with E-state index < -0.39 is 23.1 Å². The van der Waals surface area contributed by atoms with E-state index in [1.165, 1.54) is 12.1 Å². The third kappa shape index (κ3) is 2.10. The van der Waals surface area contributed by atoms with Crippen molar-refractivity contribution in [3.05, 3.63) is 35.4 Å². The number of benzene rings is 1. The van der Waals surface area contributed by atoms with E-state index in [0.717, 1.165) is 12.5 Å². The van der Waals surface area contributed by atoms with E-state index >= 15 is 0 Å². The van der Waals surface area contributed by atoms with E-state index in [9.17, 15) is 18.7 Å². The smallest absolute Gasteiger partial charge is 0.323 e. The van der Waals surface area contributed by atoms with Crippen molar-refractivity contribution in [2.75, 3.05) is 6.54 Å². The fourth-order valence-electron chi connectivity index (χ4n) is 2.39. The molecule has 0 aliphatic carbocycles. The Morgan fingerprint density at radius 2 is 2.22 bits per heavy atom. The Labute approximate surface area is 104 Å². The summed E-state index contributed by atoms with van der Waals surface area (Å²) in [5.74, 6) is -2.71. The Morgan fingerprint density at radius 3 is 2.89 bits per heavy atom. The molecule has 1 aliphatic heterocycles. The van der Waals surface area contributed by atoms with Crippen molar-refractivity contribution in [3.63, 3.8) is 0 Å². The Morgan fingerprint density at radius 1 is 1.50 bits per heavy atom. The molecule has 1 unspecified atom stereocenters. The topological polar surface area (TPSA) is 40.5 Å². The summed E-state index contributed by atoms with van der Waals surface area (Å²) in [6.07, 6.45) is 1.28. The zero-order valence-electron chi connectivity index (χ0n) is 10.1. The number of likely N-dealkylation sites (tertiary alicyclic amines) is 1. The number of hydrogen-bond donors (Lipinski definition) is 1. The largest absolute Gasteiger partial charge is 0.480 e. The van der Waals surface area contributed by atoms with Crippen LogP contribution in [0.3, 0.4) is 0 Å². The van der Waals surface area contributed by atoms with Gasteiger partial charge in [-0.3, -0.25) is 9.69 Å². The van der Waals surface area contributed by atoms with Crippen LogP contribution in [-0.4, -0.2) is 28.1 Å². The van der Waals surface area contributed by atoms with Gasteiger partial charge in [-0.15, -0.1) is 0 Å². The second-order valence-corrected chi connectivity index (χ2v) is 4.82. The molecule has 2 rings (SSSR count). The zero-order valence-corrected chi connectivity index (χ0v) is 10.1. The third-order valence-corrected chi connectivity index (χ3v) is 3.64. The maximum absolute atomic E-state index is 13.6. The van der Waals surface area contributed by atoms with Crippen molar-refractivity contribution < 1.29 is 18.7 Å². The normalized spacial score (nSPS) is 24.4. The predicted octanol–water partition coefficient (Wildman–Crippen LogP) is 2.40. The Balaban J connectivity index is 2.24. The minimum Gasteiger partial charge on any atom is -0.480 e. The van der Waals surface area contributed by atoms with Gasteiger partial charge in [-0.25, -0.2) is 8.78 Å². The Kier molecular flexibility index (Phi) is 3.34. The third-order valence-electron chi connectivity index (χ3n) is 3.64. The van der Waals surface area contributed by atoms with Crippen molar-refractivity contribution in [1.82, 2.24) is 4.90 Å². The van der Waals surface area contributed by atoms with Gasteiger partial charge in [0.25, 0.3) is 0 Å². The summed E-state index contributed by atoms with van der Waals surface area (Å²) in [5, 5.41) is 9.24. The fourth-order valence-corrected chi connectivity index (χ4v) is 2.39. The van der Waals surface area contributed by atoms with Gasteiger partial charge >= 0.3 is 5.97 Å². The van der Waals surface area contributed by atoms with Crippen molar-refractivity contribution in [3.8, 4) is 0 Å². The molecule has 0 saturated carbocycles. The number of hydrogen-bond acceptors (Lipinski definition) is 2. The van der Waals surface area contributed by atoms with Crippen LogP contribution in [0.5, 0.6) is 0 Å². The van der Waals surface area contributed by atoms with Crippen molar-refractivity contribution in [1.29, 1.82) is 0 Å². The molecule has 1 atom stereocenters. The van der Waals surface area contributed by atoms with Crippen LogP contribution in [0.2, 0.25) is 0 Å². The molecule has 1 saturated heterocycles. The molecule has 1 N–H and O–H groups in total. The molecular formula is C13H15F2NO2. The first-order valence-corrected chi connectivity index (χ1v) is 5.86. The molecule has 1 aromatic rings. The lowest BCUT2D eigenvalue weighted by Crippen LogP contribution is -2.47. The summed E-state index contributed by atoms with van der Waals surface area (Å²) >= 11 is 0. The maximum Gasteiger partial charge on any atom is 0.323 e. The molecule has 0 bridgehead atoms. The lowest BCUT2D eigenvalue weighted by molar-refractivity contribution is -0.148. The van der Waals surface area contributed by atoms with E-state index in [4.69, 9.17) is 0 Å². The summed E-state index contributed by atoms with van der Waals surface area (Å²) in [6.45, 7) is 2.32. The van der Waals surface area contributed by atoms with Crippen LogP contribution in [0.15, 0.2) is 18.2 Å². The van der Waals surface area contributed by atoms with Crippen molar-refractivity contribution in [2.24, 2.45) is 0 Å². The first-order chi connectivity index (χ1) is 8.45. The van der Waals surface area contributed by atoms with Gasteiger partial charge in [0.15, 0.2) is 11.6 Å². The summed E-state index contributed by atoms with van der Waals surface area (Å²) in [7, 11) is 0. The van der Waals surface area contributed by atoms with E-state index in [1.54, 1.807) is 11.8 Å². The number of carboxylic acid groups (broad SMARTS) is 1. The molecule has 3 nitrogen and oxygen atoms in total. The first-order valence-electron chi connectivity index (χ1n) is 5.86. The van der Waals surface area contributed by atoms with Gasteiger partial charge in [-0.1, -0.05) is 12.1 Å². The molecule has 1 aromatic carbocycles. The summed E-state index contributed by atoms with van der Waals surface area (Å²) in [6, 6.07) is 3.97. The standard InChI is InChI=1S/C13H15F2NO2/c1-13(12(17)18)6-3-7-16(13)8-9-4-2-5-10(14)11(9)15/h2,4-5H,3,6-8H2,1H3,(H,17,18). The van der Waals surface area contributed by atoms with Gasteiger partial charge in [0.2, 0.25) is 0 Å². The summed E-state index contributed by atoms with van der Waals surface area (Å²) in [5.41, 5.74) is -0.789. The molecule has 0 aromatic heterocycles. The van der Waals surface area contributed by atoms with Crippen LogP contribution in [-0.2, 0) is 11.3 Å². The van der Waals surface area contributed by atoms with Crippen LogP contribution in [0.1, 0.15) is 25.3 Å². The van der Waals surface area contributed by atoms with Crippen molar-refractivity contribution in [2.45, 2.75) is 31.8 Å². The minimum atomic E-state index is -0.987. The van der Waals surface area contributed by atoms with Crippen LogP contribution >= 0.6 is 0 Å². The quantitative estimate of drug-likeness (QED) is 0.901. The number of nitrogens with zero attached hydrogens (tertiary/aromatic N) is 1. The lowest BCUT2D eigenvalue weighted by atomic mass is 9.99. The van der Waals surface area contributed by atoms with E-state index in [-0.39, 0.29) is 12.1 Å². The molecule has 5 heteroatoms. The second kappa shape index (κ2) is 4.65. The molecule has 98 valence electrons. The first kappa shape index (κ1) is 13.0. The van der Waals surface area contributed by atoms with Crippen LogP contribution in [0, 0.1) is 11.6 Å². The lowest BCUT2D eigenvalue weighted by Gasteiger charge is -2.31. The Hall–Kier alpha value is -1.49. The number of aliphatic carboxylic acids is 1. The Bertz CT molecular complexity index is 478. The molecule has 1 fully saturated rings. The maximum atomic E-state index is 13.6. The number of carboxylic acids is 1. The average molecular weight is 255 g/mol. The highest BCUT2D eigenvalue weighted by Crippen LogP contribution is 2.31. The fraction of sp³-hybridized carbons (Fsp3) is 0.462. The van der Waals surface area contributed by atoms with Gasteiger partial charge in [-0.2, -0.15) is 0 Å². The van der Waals surface area contributed by atoms with Gasteiger partial charge < -0.3 is 5.11 Å². The highest BCUT2D eigenvalue weighted by molar-refractivity contribution is 5.78. The number of halogens is 2. The molecule has 0 radical (unpaired) electrons. The van der Waals surface area contributed by atoms with Crippen molar-refractivity contribution >= 4 is 5.97 Å². The van der Waals surface area contributed by atoms with Gasteiger partial charge in [-0.05, 0) is 32.4 Å². The monoisotopic (exact) mass is 255 g/mol. The highest BCUT2D eigenvalue weighted by atomic mass is 19.2. The predicted molar refractivity (Wildman–Crippen MR) is 62.0 cm³/mol. The molecule has 18 heavy (non-hydrogen) atoms. The highest BCUT2D eigenvalue weighted by Gasteiger charge is 2.43. The minimum absolute atomic E-state index is 0.117. The molecule has 1 heterocycles. The van der Waals surface area contributed by atoms with Crippen LogP contribution < -0.4 is 0 Å². The SMILES string of the molecule is CC1(C(=O)O)CCCN1Cc1cccc(F)c1F. The molecule has 0 spiro atoms. The van der Waals surface area contributed by atoms with E-state index in [2.05, 4.69) is 0 Å².